The number of benzene rings is 1. The smallest absolute Gasteiger partial charge is 0.377 e. The molecule has 1 aromatic carbocycles. The molecular weight excluding hydrogens is 740 g/mol. The summed E-state index contributed by atoms with van der Waals surface area (Å²) in [7, 11) is 0. The molecule has 3 heterocycles. The number of imide groups is 1. The largest absolute Gasteiger partial charge is 0.505 e. The quantitative estimate of drug-likeness (QED) is 0.0735. The Morgan fingerprint density at radius 2 is 1.61 bits per heavy atom. The second kappa shape index (κ2) is 21.4. The molecule has 1 saturated carbocycles. The van der Waals surface area contributed by atoms with Crippen LogP contribution in [0.3, 0.4) is 0 Å². The Labute approximate surface area is 324 Å². The maximum absolute atomic E-state index is 12.3. The molecule has 5 rings (SSSR count). The van der Waals surface area contributed by atoms with Crippen molar-refractivity contribution in [2.24, 2.45) is 11.8 Å². The number of β-amino-alcohol motifs (C(OH)–C–C–N with tert-alkyl or cyclic N) is 1. The molecule has 0 radical (unpaired) electrons. The molecule has 11 atom stereocenters. The molecule has 3 aliphatic heterocycles. The normalized spacial score (nSPS) is 28.1. The summed E-state index contributed by atoms with van der Waals surface area (Å²) in [5, 5.41) is 82.5. The predicted molar refractivity (Wildman–Crippen MR) is 199 cm³/mol. The lowest BCUT2D eigenvalue weighted by molar-refractivity contribution is -0.147. The van der Waals surface area contributed by atoms with Crippen LogP contribution >= 0.6 is 0 Å². The van der Waals surface area contributed by atoms with Crippen molar-refractivity contribution in [1.82, 2.24) is 25.8 Å². The first-order valence-electron chi connectivity index (χ1n) is 18.6. The Morgan fingerprint density at radius 3 is 2.16 bits per heavy atom. The van der Waals surface area contributed by atoms with E-state index in [0.29, 0.717) is 29.7 Å². The number of hydrogen-bond acceptors (Lipinski definition) is 18. The van der Waals surface area contributed by atoms with Crippen LogP contribution in [0.4, 0.5) is 10.5 Å². The van der Waals surface area contributed by atoms with Crippen LogP contribution in [0.25, 0.3) is 0 Å². The van der Waals surface area contributed by atoms with Crippen LogP contribution in [0.2, 0.25) is 0 Å². The lowest BCUT2D eigenvalue weighted by Crippen LogP contribution is -2.79. The Balaban J connectivity index is 0.000000248. The van der Waals surface area contributed by atoms with Crippen molar-refractivity contribution >= 4 is 29.6 Å². The Hall–Kier alpha value is -4.12. The maximum atomic E-state index is 12.3. The number of aliphatic hydroxyl groups excluding tert-OH is 8. The third-order valence-corrected chi connectivity index (χ3v) is 10.5. The number of hydrogen-bond donors (Lipinski definition) is 12. The Kier molecular flexibility index (Phi) is 17.7. The maximum Gasteiger partial charge on any atom is 0.377 e. The lowest BCUT2D eigenvalue weighted by atomic mass is 9.73. The van der Waals surface area contributed by atoms with Gasteiger partial charge in [-0.25, -0.2) is 14.4 Å². The zero-order valence-electron chi connectivity index (χ0n) is 32.0. The van der Waals surface area contributed by atoms with Crippen molar-refractivity contribution in [3.63, 3.8) is 0 Å². The summed E-state index contributed by atoms with van der Waals surface area (Å²) in [5.74, 6) is -2.62. The third kappa shape index (κ3) is 11.9. The van der Waals surface area contributed by atoms with Crippen molar-refractivity contribution < 1.29 is 69.5 Å². The van der Waals surface area contributed by atoms with Crippen molar-refractivity contribution in [3.8, 4) is 0 Å². The summed E-state index contributed by atoms with van der Waals surface area (Å²) in [5.41, 5.74) is 6.73. The highest BCUT2D eigenvalue weighted by molar-refractivity contribution is 6.00. The SMILES string of the molecule is CC1CC2NC3C(=O)NC(=O)NC3N(C[C@H](O)[C@H](O)[C@H](O)CO)C2CC1C.CCN(CC)CCOC(=O)c1ccc(N)cc1.O=C1O[C@H]([C@@H](O)CO)C(O)=C1O. The molecule has 4 aliphatic rings. The summed E-state index contributed by atoms with van der Waals surface area (Å²) in [4.78, 5) is 50.4. The number of urea groups is 1. The van der Waals surface area contributed by atoms with Crippen LogP contribution in [0.1, 0.15) is 50.9 Å². The molecule has 2 saturated heterocycles. The van der Waals surface area contributed by atoms with E-state index in [0.717, 1.165) is 32.5 Å². The summed E-state index contributed by atoms with van der Waals surface area (Å²) in [6.45, 7) is 10.2. The molecule has 316 valence electrons. The highest BCUT2D eigenvalue weighted by Crippen LogP contribution is 2.36. The zero-order valence-corrected chi connectivity index (χ0v) is 32.0. The van der Waals surface area contributed by atoms with Gasteiger partial charge in [0.15, 0.2) is 11.9 Å². The number of nitrogen functional groups attached to an aromatic ring is 1. The molecule has 3 fully saturated rings. The van der Waals surface area contributed by atoms with E-state index in [1.54, 1.807) is 24.3 Å². The molecular formula is C36H58N6O14. The fourth-order valence-corrected chi connectivity index (χ4v) is 6.85. The number of anilines is 1. The van der Waals surface area contributed by atoms with Crippen molar-refractivity contribution in [1.29, 1.82) is 0 Å². The summed E-state index contributed by atoms with van der Waals surface area (Å²) in [6, 6.07) is 5.43. The molecule has 1 aliphatic carbocycles. The topological polar surface area (TPSA) is 317 Å². The van der Waals surface area contributed by atoms with Crippen LogP contribution in [0.15, 0.2) is 35.8 Å². The van der Waals surface area contributed by atoms with Crippen molar-refractivity contribution in [2.45, 2.75) is 95.3 Å². The van der Waals surface area contributed by atoms with Gasteiger partial charge in [0.2, 0.25) is 11.7 Å². The number of carbonyl (C=O) groups excluding carboxylic acids is 4. The summed E-state index contributed by atoms with van der Waals surface area (Å²) in [6.07, 6.45) is -6.13. The van der Waals surface area contributed by atoms with E-state index in [1.807, 2.05) is 4.90 Å². The number of rotatable bonds is 13. The van der Waals surface area contributed by atoms with Crippen molar-refractivity contribution in [3.05, 3.63) is 41.3 Å². The average molecular weight is 799 g/mol. The number of esters is 2. The number of carbonyl (C=O) groups is 4. The molecule has 56 heavy (non-hydrogen) atoms. The fraction of sp³-hybridized carbons (Fsp3) is 0.667. The van der Waals surface area contributed by atoms with Gasteiger partial charge >= 0.3 is 18.0 Å². The van der Waals surface area contributed by atoms with Gasteiger partial charge in [0.1, 0.15) is 37.1 Å². The minimum atomic E-state index is -1.53. The average Bonchev–Trinajstić information content (AvgIpc) is 3.44. The van der Waals surface area contributed by atoms with Gasteiger partial charge in [-0.05, 0) is 62.0 Å². The Morgan fingerprint density at radius 1 is 0.982 bits per heavy atom. The fourth-order valence-electron chi connectivity index (χ4n) is 6.85. The van der Waals surface area contributed by atoms with Crippen LogP contribution in [-0.2, 0) is 19.1 Å². The highest BCUT2D eigenvalue weighted by atomic mass is 16.6. The van der Waals surface area contributed by atoms with Crippen LogP contribution in [-0.4, -0.2) is 175 Å². The molecule has 0 bridgehead atoms. The van der Waals surface area contributed by atoms with Gasteiger partial charge in [0.05, 0.1) is 24.9 Å². The van der Waals surface area contributed by atoms with Crippen molar-refractivity contribution in [2.75, 3.05) is 51.7 Å². The van der Waals surface area contributed by atoms with E-state index >= 15 is 0 Å². The number of nitrogens with one attached hydrogen (secondary N) is 3. The number of ether oxygens (including phenoxy) is 2. The molecule has 0 spiro atoms. The second-order valence-corrected chi connectivity index (χ2v) is 14.3. The number of cyclic esters (lactones) is 1. The number of likely N-dealkylation sites (N-methyl/N-ethyl adjacent to an activating group) is 1. The second-order valence-electron chi connectivity index (χ2n) is 14.3. The van der Waals surface area contributed by atoms with E-state index in [4.69, 9.17) is 36.0 Å². The van der Waals surface area contributed by atoms with E-state index in [-0.39, 0.29) is 24.6 Å². The van der Waals surface area contributed by atoms with E-state index in [1.165, 1.54) is 0 Å². The van der Waals surface area contributed by atoms with Crippen LogP contribution in [0.5, 0.6) is 0 Å². The van der Waals surface area contributed by atoms with Crippen LogP contribution in [0, 0.1) is 11.8 Å². The number of aliphatic hydroxyl groups is 8. The van der Waals surface area contributed by atoms with Gasteiger partial charge in [0.25, 0.3) is 0 Å². The van der Waals surface area contributed by atoms with E-state index in [2.05, 4.69) is 53.3 Å². The molecule has 20 heteroatoms. The highest BCUT2D eigenvalue weighted by Gasteiger charge is 2.51. The molecule has 0 aromatic heterocycles. The van der Waals surface area contributed by atoms with Gasteiger partial charge in [0, 0.05) is 30.9 Å². The third-order valence-electron chi connectivity index (χ3n) is 10.5. The first kappa shape index (κ1) is 46.3. The first-order valence-corrected chi connectivity index (χ1v) is 18.6. The van der Waals surface area contributed by atoms with Crippen LogP contribution < -0.4 is 21.7 Å². The van der Waals surface area contributed by atoms with Gasteiger partial charge in [-0.15, -0.1) is 0 Å². The van der Waals surface area contributed by atoms with E-state index in [9.17, 15) is 34.5 Å². The zero-order chi connectivity index (χ0) is 41.9. The lowest BCUT2D eigenvalue weighted by Gasteiger charge is -2.55. The first-order chi connectivity index (χ1) is 26.5. The molecule has 6 unspecified atom stereocenters. The van der Waals surface area contributed by atoms with Gasteiger partial charge < -0.3 is 66.3 Å². The minimum absolute atomic E-state index is 0.00492. The molecule has 20 nitrogen and oxygen atoms in total. The number of amides is 3. The summed E-state index contributed by atoms with van der Waals surface area (Å²) < 4.78 is 9.50. The van der Waals surface area contributed by atoms with E-state index < -0.39 is 85.4 Å². The minimum Gasteiger partial charge on any atom is -0.505 e. The predicted octanol–water partition coefficient (Wildman–Crippen LogP) is -2.34. The molecule has 13 N–H and O–H groups in total. The van der Waals surface area contributed by atoms with Gasteiger partial charge in [-0.3, -0.25) is 20.3 Å². The Bertz CT molecular complexity index is 1500. The number of fused-ring (bicyclic) bond motifs is 2. The summed E-state index contributed by atoms with van der Waals surface area (Å²) >= 11 is 0. The van der Waals surface area contributed by atoms with Gasteiger partial charge in [-0.2, -0.15) is 0 Å². The number of nitrogens with zero attached hydrogens (tertiary/aromatic N) is 2. The molecule has 3 amide bonds. The number of piperazine rings is 1. The standard InChI is InChI=1S/C17H30N4O6.C13H20N2O2.C6H8O6/c1-7-3-9-10(4-8(7)2)21(5-11(23)14(25)12(24)6-22)15-13(18-9)16(26)20-17(27)19-15;1-3-15(4-2)9-10-17-13(16)11-5-7-12(14)8-6-11;7-1-2(8)5-3(9)4(10)6(11)12-5/h7-15,18,22-25H,3-6H2,1-2H3,(H2,19,20,26,27);5-8H,3-4,9-10,14H2,1-2H3;2,5,7-10H,1H2/t7?,8?,9?,10?,11-,12+,13?,14-,15?;;2-,5+/m0.0/s1. The molecule has 1 aromatic rings. The van der Waals surface area contributed by atoms with Gasteiger partial charge in [-0.1, -0.05) is 27.7 Å². The number of nitrogens with two attached hydrogens (primary N) is 1. The monoisotopic (exact) mass is 798 g/mol.